The van der Waals surface area contributed by atoms with Crippen LogP contribution < -0.4 is 0 Å². The van der Waals surface area contributed by atoms with Crippen molar-refractivity contribution in [2.24, 2.45) is 5.41 Å². The van der Waals surface area contributed by atoms with Gasteiger partial charge in [0, 0.05) is 17.5 Å². The Bertz CT molecular complexity index is 1120. The van der Waals surface area contributed by atoms with Gasteiger partial charge >= 0.3 is 0 Å². The number of hydrogen-bond donors (Lipinski definition) is 2. The molecule has 3 aliphatic carbocycles. The standard InChI is InChI=1S/C32H43NO4/c1-23-8-6-15-31(2)28(14-16-32(31,36)22-33-17-4-3-5-18-33)26-13-11-24(20-25(34)12-10-23)21-27(26)30(35)29-9-7-19-37-29/h7-9,11,13,19,21,25,28,34,36H,3-6,10,12,14-18,20,22H2,1-2H3/t25-,28-,31-,32+/m0/s1. The monoisotopic (exact) mass is 505 g/mol. The summed E-state index contributed by atoms with van der Waals surface area (Å²) in [5, 5.41) is 23.1. The lowest BCUT2D eigenvalue weighted by Crippen LogP contribution is -2.53. The van der Waals surface area contributed by atoms with Gasteiger partial charge in [-0.25, -0.2) is 0 Å². The van der Waals surface area contributed by atoms with E-state index in [2.05, 4.69) is 37.0 Å². The summed E-state index contributed by atoms with van der Waals surface area (Å²) in [5.41, 5.74) is 2.75. The van der Waals surface area contributed by atoms with Crippen LogP contribution in [0.1, 0.15) is 105 Å². The molecule has 2 fully saturated rings. The first-order valence-corrected chi connectivity index (χ1v) is 14.3. The number of nitrogens with zero attached hydrogens (tertiary/aromatic N) is 1. The number of aliphatic hydroxyl groups excluding tert-OH is 1. The summed E-state index contributed by atoms with van der Waals surface area (Å²) in [4.78, 5) is 16.2. The van der Waals surface area contributed by atoms with Crippen molar-refractivity contribution in [2.45, 2.75) is 95.7 Å². The second kappa shape index (κ2) is 10.9. The molecule has 6 rings (SSSR count). The highest BCUT2D eigenvalue weighted by Gasteiger charge is 2.57. The van der Waals surface area contributed by atoms with Gasteiger partial charge in [-0.1, -0.05) is 37.1 Å². The van der Waals surface area contributed by atoms with Crippen LogP contribution in [0.5, 0.6) is 0 Å². The average molecular weight is 506 g/mol. The number of benzene rings is 1. The molecule has 2 N–H and O–H groups in total. The minimum absolute atomic E-state index is 0.0619. The third-order valence-electron chi connectivity index (χ3n) is 9.60. The SMILES string of the molecule is CC1=CCC[C@@]2(C)[C@@H](CC[C@@]2(O)CN2CCCCC2)c2ccc(cc2C(=O)c2ccco2)C[C@@H](O)CC1. The number of hydrogen-bond acceptors (Lipinski definition) is 5. The fourth-order valence-corrected chi connectivity index (χ4v) is 7.22. The van der Waals surface area contributed by atoms with Gasteiger partial charge in [0.05, 0.1) is 18.0 Å². The number of piperidine rings is 1. The number of ketones is 1. The third kappa shape index (κ3) is 5.36. The van der Waals surface area contributed by atoms with E-state index in [9.17, 15) is 15.0 Å². The van der Waals surface area contributed by atoms with Gasteiger partial charge in [-0.15, -0.1) is 0 Å². The van der Waals surface area contributed by atoms with Crippen molar-refractivity contribution >= 4 is 5.78 Å². The molecule has 0 amide bonds. The van der Waals surface area contributed by atoms with E-state index in [1.807, 2.05) is 6.07 Å². The summed E-state index contributed by atoms with van der Waals surface area (Å²) in [6.07, 6.45) is 12.5. The van der Waals surface area contributed by atoms with Crippen LogP contribution in [0.2, 0.25) is 0 Å². The number of allylic oxidation sites excluding steroid dienone is 2. The average Bonchev–Trinajstić information content (AvgIpc) is 3.50. The Labute approximate surface area is 221 Å². The van der Waals surface area contributed by atoms with E-state index in [1.54, 1.807) is 12.1 Å². The first-order valence-electron chi connectivity index (χ1n) is 14.3. The molecule has 0 spiro atoms. The predicted octanol–water partition coefficient (Wildman–Crippen LogP) is 6.04. The van der Waals surface area contributed by atoms with Crippen molar-refractivity contribution in [1.82, 2.24) is 4.90 Å². The molecule has 0 radical (unpaired) electrons. The van der Waals surface area contributed by atoms with E-state index in [0.717, 1.165) is 56.3 Å². The van der Waals surface area contributed by atoms with E-state index in [-0.39, 0.29) is 17.1 Å². The van der Waals surface area contributed by atoms with Gasteiger partial charge < -0.3 is 19.5 Å². The molecule has 200 valence electrons. The fraction of sp³-hybridized carbons (Fsp3) is 0.594. The number of furan rings is 1. The number of carbonyl (C=O) groups is 1. The first kappa shape index (κ1) is 26.4. The van der Waals surface area contributed by atoms with Crippen molar-refractivity contribution in [3.05, 3.63) is 70.7 Å². The van der Waals surface area contributed by atoms with Gasteiger partial charge in [-0.05, 0) is 113 Å². The molecule has 37 heavy (non-hydrogen) atoms. The summed E-state index contributed by atoms with van der Waals surface area (Å²) in [5.74, 6) is 0.279. The van der Waals surface area contributed by atoms with Gasteiger partial charge in [-0.2, -0.15) is 0 Å². The highest BCUT2D eigenvalue weighted by Crippen LogP contribution is 2.59. The van der Waals surface area contributed by atoms with Crippen molar-refractivity contribution in [2.75, 3.05) is 19.6 Å². The highest BCUT2D eigenvalue weighted by atomic mass is 16.3. The predicted molar refractivity (Wildman–Crippen MR) is 146 cm³/mol. The molecule has 1 saturated carbocycles. The minimum Gasteiger partial charge on any atom is -0.461 e. The van der Waals surface area contributed by atoms with E-state index in [4.69, 9.17) is 4.42 Å². The molecular weight excluding hydrogens is 462 g/mol. The lowest BCUT2D eigenvalue weighted by Gasteiger charge is -2.46. The lowest BCUT2D eigenvalue weighted by atomic mass is 9.64. The van der Waals surface area contributed by atoms with Crippen LogP contribution in [0.25, 0.3) is 0 Å². The van der Waals surface area contributed by atoms with Crippen molar-refractivity contribution in [3.8, 4) is 0 Å². The third-order valence-corrected chi connectivity index (χ3v) is 9.60. The van der Waals surface area contributed by atoms with Crippen molar-refractivity contribution < 1.29 is 19.4 Å². The highest BCUT2D eigenvalue weighted by molar-refractivity contribution is 6.08. The minimum atomic E-state index is -0.812. The van der Waals surface area contributed by atoms with Crippen LogP contribution in [0.3, 0.4) is 0 Å². The normalized spacial score (nSPS) is 31.5. The van der Waals surface area contributed by atoms with Crippen molar-refractivity contribution in [3.63, 3.8) is 0 Å². The maximum atomic E-state index is 13.7. The van der Waals surface area contributed by atoms with E-state index in [1.165, 1.54) is 31.1 Å². The van der Waals surface area contributed by atoms with Crippen LogP contribution >= 0.6 is 0 Å². The topological polar surface area (TPSA) is 73.9 Å². The van der Waals surface area contributed by atoms with Gasteiger partial charge in [0.2, 0.25) is 5.78 Å². The second-order valence-electron chi connectivity index (χ2n) is 12.1. The molecule has 1 aromatic carbocycles. The number of carbonyl (C=O) groups excluding carboxylic acids is 1. The molecule has 5 nitrogen and oxygen atoms in total. The molecule has 1 aromatic heterocycles. The van der Waals surface area contributed by atoms with E-state index in [0.29, 0.717) is 30.7 Å². The Balaban J connectivity index is 1.58. The van der Waals surface area contributed by atoms with Crippen molar-refractivity contribution in [1.29, 1.82) is 0 Å². The smallest absolute Gasteiger partial charge is 0.228 e. The Kier molecular flexibility index (Phi) is 7.76. The molecule has 0 unspecified atom stereocenters. The zero-order valence-corrected chi connectivity index (χ0v) is 22.5. The summed E-state index contributed by atoms with van der Waals surface area (Å²) < 4.78 is 5.53. The molecule has 4 atom stereocenters. The summed E-state index contributed by atoms with van der Waals surface area (Å²) >= 11 is 0. The van der Waals surface area contributed by atoms with Crippen LogP contribution in [-0.2, 0) is 6.42 Å². The zero-order chi connectivity index (χ0) is 26.0. The summed E-state index contributed by atoms with van der Waals surface area (Å²) in [6, 6.07) is 9.62. The number of fused-ring (bicyclic) bond motifs is 8. The Morgan fingerprint density at radius 1 is 1.14 bits per heavy atom. The largest absolute Gasteiger partial charge is 0.461 e. The van der Waals surface area contributed by atoms with Crippen LogP contribution in [0.4, 0.5) is 0 Å². The van der Waals surface area contributed by atoms with Crippen LogP contribution in [0, 0.1) is 5.41 Å². The number of likely N-dealkylation sites (tertiary alicyclic amines) is 1. The van der Waals surface area contributed by atoms with Gasteiger partial charge in [0.25, 0.3) is 0 Å². The van der Waals surface area contributed by atoms with Crippen LogP contribution in [-0.4, -0.2) is 52.2 Å². The molecule has 2 heterocycles. The van der Waals surface area contributed by atoms with E-state index < -0.39 is 11.7 Å². The van der Waals surface area contributed by atoms with Gasteiger partial charge in [0.1, 0.15) is 0 Å². The molecule has 5 heteroatoms. The Hall–Kier alpha value is -2.21. The number of rotatable bonds is 4. The summed E-state index contributed by atoms with van der Waals surface area (Å²) in [7, 11) is 0. The molecule has 4 aliphatic rings. The first-order chi connectivity index (χ1) is 17.8. The van der Waals surface area contributed by atoms with Gasteiger partial charge in [-0.3, -0.25) is 4.79 Å². The zero-order valence-electron chi connectivity index (χ0n) is 22.5. The second-order valence-corrected chi connectivity index (χ2v) is 12.1. The lowest BCUT2D eigenvalue weighted by molar-refractivity contribution is -0.0857. The number of β-amino-alcohol motifs (C(OH)–C–C–N with tert-alkyl or cyclic N) is 1. The van der Waals surface area contributed by atoms with E-state index >= 15 is 0 Å². The maximum Gasteiger partial charge on any atom is 0.228 e. The Morgan fingerprint density at radius 2 is 1.95 bits per heavy atom. The van der Waals surface area contributed by atoms with Gasteiger partial charge in [0.15, 0.2) is 5.76 Å². The number of aliphatic hydroxyl groups is 2. The van der Waals surface area contributed by atoms with Crippen LogP contribution in [0.15, 0.2) is 52.7 Å². The molecular formula is C32H43NO4. The molecule has 2 bridgehead atoms. The fourth-order valence-electron chi connectivity index (χ4n) is 7.22. The summed E-state index contributed by atoms with van der Waals surface area (Å²) in [6.45, 7) is 7.24. The molecule has 1 saturated heterocycles. The quantitative estimate of drug-likeness (QED) is 0.392. The maximum absolute atomic E-state index is 13.7. The Morgan fingerprint density at radius 3 is 2.70 bits per heavy atom. The molecule has 2 aromatic rings. The molecule has 1 aliphatic heterocycles.